The van der Waals surface area contributed by atoms with E-state index < -0.39 is 0 Å². The zero-order chi connectivity index (χ0) is 22.3. The second-order valence-electron chi connectivity index (χ2n) is 8.94. The van der Waals surface area contributed by atoms with Crippen LogP contribution in [0.4, 0.5) is 0 Å². The predicted octanol–water partition coefficient (Wildman–Crippen LogP) is 3.60. The van der Waals surface area contributed by atoms with Crippen LogP contribution in [-0.4, -0.2) is 51.9 Å². The maximum Gasteiger partial charge on any atom is 0.258 e. The molecule has 32 heavy (non-hydrogen) atoms. The molecule has 1 amide bonds. The van der Waals surface area contributed by atoms with Gasteiger partial charge in [0.2, 0.25) is 11.7 Å². The van der Waals surface area contributed by atoms with E-state index in [0.717, 1.165) is 29.7 Å². The number of carbonyl (C=O) groups excluding carboxylic acids is 1. The fourth-order valence-corrected chi connectivity index (χ4v) is 5.04. The average molecular weight is 434 g/mol. The van der Waals surface area contributed by atoms with Crippen molar-refractivity contribution in [3.8, 4) is 28.6 Å². The highest BCUT2D eigenvalue weighted by Gasteiger charge is 2.48. The predicted molar refractivity (Wildman–Crippen MR) is 119 cm³/mol. The first-order valence-corrected chi connectivity index (χ1v) is 11.1. The van der Waals surface area contributed by atoms with Gasteiger partial charge in [-0.25, -0.2) is 0 Å². The zero-order valence-electron chi connectivity index (χ0n) is 18.4. The summed E-state index contributed by atoms with van der Waals surface area (Å²) in [5, 5.41) is 13.5. The lowest BCUT2D eigenvalue weighted by molar-refractivity contribution is -0.128. The number of nitrogens with zero attached hydrogens (tertiary/aromatic N) is 3. The maximum absolute atomic E-state index is 12.5. The number of rotatable bonds is 6. The van der Waals surface area contributed by atoms with Crippen molar-refractivity contribution in [3.05, 3.63) is 53.6 Å². The highest BCUT2D eigenvalue weighted by Crippen LogP contribution is 2.48. The first-order valence-electron chi connectivity index (χ1n) is 11.1. The Bertz CT molecular complexity index is 1140. The Morgan fingerprint density at radius 3 is 2.78 bits per heavy atom. The van der Waals surface area contributed by atoms with Crippen LogP contribution in [0.1, 0.15) is 37.8 Å². The van der Waals surface area contributed by atoms with E-state index in [1.54, 1.807) is 4.90 Å². The number of benzene rings is 2. The molecule has 0 radical (unpaired) electrons. The smallest absolute Gasteiger partial charge is 0.258 e. The highest BCUT2D eigenvalue weighted by atomic mass is 16.5. The van der Waals surface area contributed by atoms with Crippen molar-refractivity contribution in [2.75, 3.05) is 19.7 Å². The third kappa shape index (κ3) is 3.56. The molecule has 1 atom stereocenters. The quantitative estimate of drug-likeness (QED) is 0.639. The van der Waals surface area contributed by atoms with Crippen LogP contribution in [0, 0.1) is 0 Å². The van der Waals surface area contributed by atoms with Crippen molar-refractivity contribution < 1.29 is 19.2 Å². The number of aromatic nitrogens is 2. The monoisotopic (exact) mass is 433 g/mol. The Morgan fingerprint density at radius 2 is 2.03 bits per heavy atom. The van der Waals surface area contributed by atoms with Crippen molar-refractivity contribution >= 4 is 5.91 Å². The van der Waals surface area contributed by atoms with Crippen molar-refractivity contribution in [1.82, 2.24) is 15.0 Å². The highest BCUT2D eigenvalue weighted by molar-refractivity contribution is 5.82. The molecule has 1 N–H and O–H groups in total. The minimum atomic E-state index is -0.184. The second kappa shape index (κ2) is 8.06. The van der Waals surface area contributed by atoms with E-state index in [1.807, 2.05) is 50.2 Å². The van der Waals surface area contributed by atoms with Gasteiger partial charge in [0.1, 0.15) is 5.75 Å². The van der Waals surface area contributed by atoms with Crippen LogP contribution >= 0.6 is 0 Å². The number of β-amino-alcohol motifs (C(OH)–C–C–N with tert-alkyl or cyclic N) is 1. The van der Waals surface area contributed by atoms with E-state index in [-0.39, 0.29) is 24.0 Å². The topological polar surface area (TPSA) is 88.7 Å². The standard InChI is InChI=1S/C25H27N3O4/c1-16(2)31-18-8-6-17(7-9-18)24-26-23(27-32-24)20-4-3-5-21-19(20)10-11-25(21)14-22(30)28(15-25)12-13-29/h3-9,16,29H,10-15H2,1-2H3/t25-/m1/s1. The van der Waals surface area contributed by atoms with E-state index in [1.165, 1.54) is 11.1 Å². The Morgan fingerprint density at radius 1 is 1.22 bits per heavy atom. The Labute approximate surface area is 187 Å². The van der Waals surface area contributed by atoms with Crippen LogP contribution in [0.5, 0.6) is 5.75 Å². The molecule has 0 unspecified atom stereocenters. The van der Waals surface area contributed by atoms with Gasteiger partial charge in [-0.3, -0.25) is 4.79 Å². The molecule has 0 saturated carbocycles. The Balaban J connectivity index is 1.43. The number of hydrogen-bond donors (Lipinski definition) is 1. The number of likely N-dealkylation sites (tertiary alicyclic amines) is 1. The average Bonchev–Trinajstić information content (AvgIpc) is 3.47. The summed E-state index contributed by atoms with van der Waals surface area (Å²) >= 11 is 0. The van der Waals surface area contributed by atoms with E-state index in [0.29, 0.717) is 31.2 Å². The third-order valence-corrected chi connectivity index (χ3v) is 6.45. The van der Waals surface area contributed by atoms with Gasteiger partial charge in [0.15, 0.2) is 0 Å². The summed E-state index contributed by atoms with van der Waals surface area (Å²) in [7, 11) is 0. The van der Waals surface area contributed by atoms with Gasteiger partial charge in [-0.1, -0.05) is 23.4 Å². The fraction of sp³-hybridized carbons (Fsp3) is 0.400. The normalized spacial score (nSPS) is 19.9. The molecule has 2 aromatic carbocycles. The van der Waals surface area contributed by atoms with Gasteiger partial charge in [0, 0.05) is 36.1 Å². The minimum absolute atomic E-state index is 0.00900. The first-order chi connectivity index (χ1) is 15.5. The number of aliphatic hydroxyl groups excluding tert-OH is 1. The van der Waals surface area contributed by atoms with Crippen LogP contribution in [0.25, 0.3) is 22.8 Å². The molecule has 7 nitrogen and oxygen atoms in total. The number of aliphatic hydroxyl groups is 1. The lowest BCUT2D eigenvalue weighted by Gasteiger charge is -2.24. The summed E-state index contributed by atoms with van der Waals surface area (Å²) in [4.78, 5) is 18.9. The summed E-state index contributed by atoms with van der Waals surface area (Å²) < 4.78 is 11.3. The van der Waals surface area contributed by atoms with Gasteiger partial charge < -0.3 is 19.3 Å². The SMILES string of the molecule is CC(C)Oc1ccc(-c2nc(-c3cccc4c3CC[C@]43CC(=O)N(CCO)C3)no2)cc1. The number of hydrogen-bond acceptors (Lipinski definition) is 6. The third-order valence-electron chi connectivity index (χ3n) is 6.45. The van der Waals surface area contributed by atoms with E-state index in [4.69, 9.17) is 9.26 Å². The van der Waals surface area contributed by atoms with Crippen LogP contribution in [-0.2, 0) is 16.6 Å². The Kier molecular flexibility index (Phi) is 5.21. The lowest BCUT2D eigenvalue weighted by atomic mass is 9.80. The number of fused-ring (bicyclic) bond motifs is 2. The fourth-order valence-electron chi connectivity index (χ4n) is 5.04. The zero-order valence-corrected chi connectivity index (χ0v) is 18.4. The van der Waals surface area contributed by atoms with Crippen molar-refractivity contribution in [3.63, 3.8) is 0 Å². The molecule has 2 heterocycles. The molecule has 1 fully saturated rings. The number of carbonyl (C=O) groups is 1. The molecular weight excluding hydrogens is 406 g/mol. The largest absolute Gasteiger partial charge is 0.491 e. The summed E-state index contributed by atoms with van der Waals surface area (Å²) in [5.74, 6) is 1.94. The molecule has 0 bridgehead atoms. The maximum atomic E-state index is 12.5. The molecule has 1 aromatic heterocycles. The molecule has 1 spiro atoms. The van der Waals surface area contributed by atoms with Gasteiger partial charge in [-0.15, -0.1) is 0 Å². The second-order valence-corrected chi connectivity index (χ2v) is 8.94. The van der Waals surface area contributed by atoms with Crippen molar-refractivity contribution in [1.29, 1.82) is 0 Å². The minimum Gasteiger partial charge on any atom is -0.491 e. The molecule has 1 saturated heterocycles. The molecule has 166 valence electrons. The van der Waals surface area contributed by atoms with Crippen LogP contribution in [0.2, 0.25) is 0 Å². The van der Waals surface area contributed by atoms with Gasteiger partial charge in [-0.05, 0) is 62.1 Å². The molecule has 3 aromatic rings. The van der Waals surface area contributed by atoms with E-state index in [2.05, 4.69) is 16.2 Å². The molecule has 5 rings (SSSR count). The summed E-state index contributed by atoms with van der Waals surface area (Å²) in [6, 6.07) is 13.8. The summed E-state index contributed by atoms with van der Waals surface area (Å²) in [5.41, 5.74) is 4.01. The van der Waals surface area contributed by atoms with E-state index >= 15 is 0 Å². The van der Waals surface area contributed by atoms with Crippen molar-refractivity contribution in [2.24, 2.45) is 0 Å². The molecule has 1 aliphatic carbocycles. The lowest BCUT2D eigenvalue weighted by Crippen LogP contribution is -2.32. The summed E-state index contributed by atoms with van der Waals surface area (Å²) in [6.45, 7) is 5.03. The van der Waals surface area contributed by atoms with E-state index in [9.17, 15) is 9.90 Å². The van der Waals surface area contributed by atoms with Crippen LogP contribution < -0.4 is 4.74 Å². The molecule has 1 aliphatic heterocycles. The van der Waals surface area contributed by atoms with Crippen molar-refractivity contribution in [2.45, 2.75) is 44.6 Å². The molecule has 7 heteroatoms. The van der Waals surface area contributed by atoms with Crippen LogP contribution in [0.15, 0.2) is 47.0 Å². The molecule has 2 aliphatic rings. The summed E-state index contributed by atoms with van der Waals surface area (Å²) in [6.07, 6.45) is 2.39. The first kappa shape index (κ1) is 20.7. The molecular formula is C25H27N3O4. The van der Waals surface area contributed by atoms with Gasteiger partial charge >= 0.3 is 0 Å². The Hall–Kier alpha value is -3.19. The number of amides is 1. The van der Waals surface area contributed by atoms with Gasteiger partial charge in [0.25, 0.3) is 5.89 Å². The van der Waals surface area contributed by atoms with Crippen LogP contribution in [0.3, 0.4) is 0 Å². The number of ether oxygens (including phenoxy) is 1. The van der Waals surface area contributed by atoms with Gasteiger partial charge in [0.05, 0.1) is 12.7 Å². The van der Waals surface area contributed by atoms with Gasteiger partial charge in [-0.2, -0.15) is 4.98 Å².